The first-order valence-electron chi connectivity index (χ1n) is 9.70. The second-order valence-corrected chi connectivity index (χ2v) is 8.24. The van der Waals surface area contributed by atoms with Crippen LogP contribution in [0.25, 0.3) is 0 Å². The van der Waals surface area contributed by atoms with E-state index >= 15 is 0 Å². The Morgan fingerprint density at radius 3 is 2.40 bits per heavy atom. The van der Waals surface area contributed by atoms with Crippen LogP contribution in [0.5, 0.6) is 0 Å². The van der Waals surface area contributed by atoms with Gasteiger partial charge in [-0.25, -0.2) is 0 Å². The van der Waals surface area contributed by atoms with Crippen LogP contribution >= 0.6 is 12.2 Å². The minimum absolute atomic E-state index is 0.609. The van der Waals surface area contributed by atoms with Gasteiger partial charge in [0.15, 0.2) is 5.11 Å². The highest BCUT2D eigenvalue weighted by Gasteiger charge is 2.21. The standard InChI is InChI=1S/C20H34N4S/c1-17(2)19-8-6-18(7-9-19)16-23-12-14-24(15-13-23)20(25)21-10-5-11-22(3)4/h6-9,17H,5,10-16H2,1-4H3,(H,21,25)/p+2. The molecule has 0 spiro atoms. The van der Waals surface area contributed by atoms with E-state index in [1.165, 1.54) is 29.0 Å². The maximum absolute atomic E-state index is 5.56. The zero-order chi connectivity index (χ0) is 18.2. The molecule has 0 amide bonds. The average molecular weight is 365 g/mol. The molecule has 0 aliphatic carbocycles. The molecule has 1 heterocycles. The number of hydrogen-bond donors (Lipinski definition) is 3. The van der Waals surface area contributed by atoms with Crippen LogP contribution in [0.3, 0.4) is 0 Å². The summed E-state index contributed by atoms with van der Waals surface area (Å²) < 4.78 is 0. The number of rotatable bonds is 7. The van der Waals surface area contributed by atoms with E-state index in [-0.39, 0.29) is 0 Å². The lowest BCUT2D eigenvalue weighted by Crippen LogP contribution is -3.13. The molecule has 5 heteroatoms. The van der Waals surface area contributed by atoms with Gasteiger partial charge in [0, 0.05) is 18.5 Å². The van der Waals surface area contributed by atoms with E-state index in [0.29, 0.717) is 5.92 Å². The average Bonchev–Trinajstić information content (AvgIpc) is 2.59. The van der Waals surface area contributed by atoms with Gasteiger partial charge < -0.3 is 20.0 Å². The van der Waals surface area contributed by atoms with Gasteiger partial charge in [-0.15, -0.1) is 0 Å². The van der Waals surface area contributed by atoms with Gasteiger partial charge in [0.2, 0.25) is 0 Å². The third-order valence-electron chi connectivity index (χ3n) is 4.99. The maximum Gasteiger partial charge on any atom is 0.169 e. The Morgan fingerprint density at radius 2 is 1.84 bits per heavy atom. The lowest BCUT2D eigenvalue weighted by molar-refractivity contribution is -0.917. The molecule has 2 rings (SSSR count). The van der Waals surface area contributed by atoms with Crippen LogP contribution in [-0.4, -0.2) is 63.4 Å². The highest BCUT2D eigenvalue weighted by Crippen LogP contribution is 2.14. The van der Waals surface area contributed by atoms with Crippen LogP contribution in [-0.2, 0) is 6.54 Å². The van der Waals surface area contributed by atoms with Crippen molar-refractivity contribution in [2.45, 2.75) is 32.7 Å². The number of thiocarbonyl (C=S) groups is 1. The molecular formula is C20H36N4S+2. The molecule has 0 aromatic heterocycles. The third-order valence-corrected chi connectivity index (χ3v) is 5.39. The molecule has 3 N–H and O–H groups in total. The Hall–Kier alpha value is -1.17. The first-order valence-corrected chi connectivity index (χ1v) is 10.1. The van der Waals surface area contributed by atoms with E-state index in [4.69, 9.17) is 12.2 Å². The van der Waals surface area contributed by atoms with Gasteiger partial charge in [-0.1, -0.05) is 38.1 Å². The van der Waals surface area contributed by atoms with E-state index < -0.39 is 0 Å². The Balaban J connectivity index is 1.69. The summed E-state index contributed by atoms with van der Waals surface area (Å²) in [7, 11) is 4.38. The molecule has 1 saturated heterocycles. The zero-order valence-corrected chi connectivity index (χ0v) is 17.2. The summed E-state index contributed by atoms with van der Waals surface area (Å²) in [5.74, 6) is 0.609. The molecule has 1 fully saturated rings. The summed E-state index contributed by atoms with van der Waals surface area (Å²) in [5, 5.41) is 4.36. The smallest absolute Gasteiger partial charge is 0.169 e. The molecule has 0 unspecified atom stereocenters. The highest BCUT2D eigenvalue weighted by molar-refractivity contribution is 7.80. The first kappa shape index (κ1) is 20.1. The molecule has 0 radical (unpaired) electrons. The Morgan fingerprint density at radius 1 is 1.20 bits per heavy atom. The Labute approximate surface area is 159 Å². The van der Waals surface area contributed by atoms with Crippen molar-refractivity contribution in [3.8, 4) is 0 Å². The minimum Gasteiger partial charge on any atom is -0.362 e. The second kappa shape index (κ2) is 10.1. The minimum atomic E-state index is 0.609. The van der Waals surface area contributed by atoms with Gasteiger partial charge in [-0.2, -0.15) is 0 Å². The number of benzene rings is 1. The van der Waals surface area contributed by atoms with Crippen LogP contribution in [0.1, 0.15) is 37.3 Å². The number of hydrogen-bond acceptors (Lipinski definition) is 1. The lowest BCUT2D eigenvalue weighted by Gasteiger charge is -2.34. The summed E-state index contributed by atoms with van der Waals surface area (Å²) >= 11 is 5.56. The van der Waals surface area contributed by atoms with Gasteiger partial charge in [0.25, 0.3) is 0 Å². The van der Waals surface area contributed by atoms with Gasteiger partial charge in [-0.05, 0) is 23.7 Å². The fourth-order valence-corrected chi connectivity index (χ4v) is 3.55. The molecule has 1 aromatic rings. The largest absolute Gasteiger partial charge is 0.362 e. The summed E-state index contributed by atoms with van der Waals surface area (Å²) in [6.45, 7) is 12.2. The van der Waals surface area contributed by atoms with E-state index in [2.05, 4.69) is 62.4 Å². The molecule has 1 aliphatic rings. The predicted molar refractivity (Wildman–Crippen MR) is 109 cm³/mol. The van der Waals surface area contributed by atoms with E-state index in [1.807, 2.05) is 0 Å². The molecular weight excluding hydrogens is 328 g/mol. The van der Waals surface area contributed by atoms with Crippen molar-refractivity contribution in [2.24, 2.45) is 0 Å². The zero-order valence-electron chi connectivity index (χ0n) is 16.4. The van der Waals surface area contributed by atoms with Crippen LogP contribution in [0.4, 0.5) is 0 Å². The van der Waals surface area contributed by atoms with Crippen molar-refractivity contribution >= 4 is 17.3 Å². The van der Waals surface area contributed by atoms with Crippen molar-refractivity contribution in [3.05, 3.63) is 35.4 Å². The summed E-state index contributed by atoms with van der Waals surface area (Å²) in [4.78, 5) is 5.49. The maximum atomic E-state index is 5.56. The normalized spacial score (nSPS) is 15.8. The van der Waals surface area contributed by atoms with Crippen molar-refractivity contribution in [2.75, 3.05) is 53.4 Å². The summed E-state index contributed by atoms with van der Waals surface area (Å²) in [6.07, 6.45) is 1.17. The topological polar surface area (TPSA) is 24.2 Å². The van der Waals surface area contributed by atoms with Gasteiger partial charge in [0.05, 0.1) is 46.8 Å². The highest BCUT2D eigenvalue weighted by atomic mass is 32.1. The van der Waals surface area contributed by atoms with Gasteiger partial charge in [-0.3, -0.25) is 0 Å². The first-order chi connectivity index (χ1) is 12.0. The van der Waals surface area contributed by atoms with E-state index in [0.717, 1.165) is 44.4 Å². The van der Waals surface area contributed by atoms with Crippen LogP contribution in [0.15, 0.2) is 24.3 Å². The van der Waals surface area contributed by atoms with Gasteiger partial charge >= 0.3 is 0 Å². The van der Waals surface area contributed by atoms with Crippen LogP contribution in [0, 0.1) is 0 Å². The van der Waals surface area contributed by atoms with Gasteiger partial charge in [0.1, 0.15) is 6.54 Å². The summed E-state index contributed by atoms with van der Waals surface area (Å²) in [5.41, 5.74) is 2.87. The van der Waals surface area contributed by atoms with Crippen LogP contribution in [0.2, 0.25) is 0 Å². The predicted octanol–water partition coefficient (Wildman–Crippen LogP) is -0.0804. The summed E-state index contributed by atoms with van der Waals surface area (Å²) in [6, 6.07) is 9.16. The van der Waals surface area contributed by atoms with Crippen molar-refractivity contribution in [1.29, 1.82) is 0 Å². The SMILES string of the molecule is CC(C)c1ccc(C[NH+]2CCN(C(=S)NCCC[NH+](C)C)CC2)cc1. The molecule has 4 nitrogen and oxygen atoms in total. The van der Waals surface area contributed by atoms with Crippen molar-refractivity contribution in [1.82, 2.24) is 10.2 Å². The number of nitrogens with one attached hydrogen (secondary N) is 3. The fourth-order valence-electron chi connectivity index (χ4n) is 3.26. The molecule has 140 valence electrons. The number of quaternary nitrogens is 2. The molecule has 1 aromatic carbocycles. The monoisotopic (exact) mass is 364 g/mol. The fraction of sp³-hybridized carbons (Fsp3) is 0.650. The second-order valence-electron chi connectivity index (χ2n) is 7.85. The Kier molecular flexibility index (Phi) is 8.13. The molecule has 1 aliphatic heterocycles. The number of nitrogens with zero attached hydrogens (tertiary/aromatic N) is 1. The van der Waals surface area contributed by atoms with E-state index in [9.17, 15) is 0 Å². The molecule has 0 bridgehead atoms. The lowest BCUT2D eigenvalue weighted by atomic mass is 10.0. The molecule has 25 heavy (non-hydrogen) atoms. The number of piperazine rings is 1. The molecule has 0 atom stereocenters. The quantitative estimate of drug-likeness (QED) is 0.466. The van der Waals surface area contributed by atoms with Crippen molar-refractivity contribution < 1.29 is 9.80 Å². The Bertz CT molecular complexity index is 519. The third kappa shape index (κ3) is 6.92. The van der Waals surface area contributed by atoms with Crippen molar-refractivity contribution in [3.63, 3.8) is 0 Å². The van der Waals surface area contributed by atoms with Crippen LogP contribution < -0.4 is 15.1 Å². The molecule has 0 saturated carbocycles. The van der Waals surface area contributed by atoms with E-state index in [1.54, 1.807) is 4.90 Å².